The van der Waals surface area contributed by atoms with Crippen molar-refractivity contribution < 1.29 is 27.5 Å². The van der Waals surface area contributed by atoms with Crippen LogP contribution in [-0.4, -0.2) is 40.0 Å². The fourth-order valence-electron chi connectivity index (χ4n) is 3.37. The van der Waals surface area contributed by atoms with E-state index in [2.05, 4.69) is 5.32 Å². The molecule has 2 atom stereocenters. The summed E-state index contributed by atoms with van der Waals surface area (Å²) in [5, 5.41) is 2.55. The zero-order valence-electron chi connectivity index (χ0n) is 15.1. The van der Waals surface area contributed by atoms with E-state index in [4.69, 9.17) is 4.74 Å². The third-order valence-corrected chi connectivity index (χ3v) is 6.28. The highest BCUT2D eigenvalue weighted by atomic mass is 32.2. The van der Waals surface area contributed by atoms with Crippen LogP contribution in [0.25, 0.3) is 0 Å². The fraction of sp³-hybridized carbons (Fsp3) is 0.556. The Morgan fingerprint density at radius 3 is 2.85 bits per heavy atom. The van der Waals surface area contributed by atoms with Crippen molar-refractivity contribution >= 4 is 29.3 Å². The van der Waals surface area contributed by atoms with Crippen molar-refractivity contribution in [2.24, 2.45) is 0 Å². The number of nitrogens with zero attached hydrogens (tertiary/aromatic N) is 1. The lowest BCUT2D eigenvalue weighted by Crippen LogP contribution is -2.48. The van der Waals surface area contributed by atoms with Crippen molar-refractivity contribution in [1.82, 2.24) is 4.90 Å². The Hall–Kier alpha value is -1.90. The average molecular weight is 402 g/mol. The van der Waals surface area contributed by atoms with E-state index in [-0.39, 0.29) is 17.3 Å². The van der Waals surface area contributed by atoms with E-state index in [0.29, 0.717) is 31.6 Å². The molecule has 0 aromatic heterocycles. The van der Waals surface area contributed by atoms with Gasteiger partial charge < -0.3 is 15.0 Å². The Kier molecular flexibility index (Phi) is 5.33. The lowest BCUT2D eigenvalue weighted by molar-refractivity contribution is -0.137. The van der Waals surface area contributed by atoms with Crippen LogP contribution in [-0.2, 0) is 15.8 Å². The number of anilines is 1. The smallest absolute Gasteiger partial charge is 0.416 e. The van der Waals surface area contributed by atoms with E-state index in [0.717, 1.165) is 12.1 Å². The highest BCUT2D eigenvalue weighted by molar-refractivity contribution is 8.01. The zero-order chi connectivity index (χ0) is 19.8. The van der Waals surface area contributed by atoms with Gasteiger partial charge in [0.05, 0.1) is 22.7 Å². The number of carbonyl (C=O) groups excluding carboxylic acids is 2. The molecular weight excluding hydrogens is 381 g/mol. The molecule has 27 heavy (non-hydrogen) atoms. The van der Waals surface area contributed by atoms with Gasteiger partial charge in [-0.25, -0.2) is 0 Å². The van der Waals surface area contributed by atoms with Gasteiger partial charge in [0.1, 0.15) is 11.8 Å². The molecule has 1 N–H and O–H groups in total. The first-order valence-corrected chi connectivity index (χ1v) is 9.75. The minimum Gasteiger partial charge on any atom is -0.491 e. The number of amides is 2. The standard InChI is InChI=1S/C18H21F3N2O3S/c1-3-8-26-14-5-4-11(18(19,20)21)9-12(14)22-16(25)13-10-27-17(2)7-6-15(24)23(13)17/h4-5,9,13H,3,6-8,10H2,1-2H3,(H,22,25)/t13-,17+/m0/s1. The van der Waals surface area contributed by atoms with Crippen molar-refractivity contribution in [3.63, 3.8) is 0 Å². The molecule has 9 heteroatoms. The summed E-state index contributed by atoms with van der Waals surface area (Å²) in [6, 6.07) is 2.30. The number of nitrogens with one attached hydrogen (secondary N) is 1. The molecule has 3 rings (SSSR count). The molecule has 1 aromatic carbocycles. The van der Waals surface area contributed by atoms with Gasteiger partial charge in [-0.15, -0.1) is 11.8 Å². The summed E-state index contributed by atoms with van der Waals surface area (Å²) in [6.07, 6.45) is -2.82. The van der Waals surface area contributed by atoms with Crippen LogP contribution in [0.4, 0.5) is 18.9 Å². The first kappa shape index (κ1) is 19.9. The molecule has 2 aliphatic rings. The number of carbonyl (C=O) groups is 2. The molecule has 2 saturated heterocycles. The van der Waals surface area contributed by atoms with Crippen LogP contribution < -0.4 is 10.1 Å². The van der Waals surface area contributed by atoms with Crippen LogP contribution in [0.2, 0.25) is 0 Å². The number of benzene rings is 1. The summed E-state index contributed by atoms with van der Waals surface area (Å²) >= 11 is 1.52. The Morgan fingerprint density at radius 1 is 1.44 bits per heavy atom. The molecule has 2 heterocycles. The van der Waals surface area contributed by atoms with Crippen LogP contribution in [0.1, 0.15) is 38.7 Å². The molecule has 0 unspecified atom stereocenters. The molecule has 5 nitrogen and oxygen atoms in total. The van der Waals surface area contributed by atoms with E-state index in [1.807, 2.05) is 13.8 Å². The largest absolute Gasteiger partial charge is 0.491 e. The highest BCUT2D eigenvalue weighted by Gasteiger charge is 2.53. The molecule has 148 valence electrons. The lowest BCUT2D eigenvalue weighted by Gasteiger charge is -2.30. The number of hydrogen-bond donors (Lipinski definition) is 1. The summed E-state index contributed by atoms with van der Waals surface area (Å²) in [7, 11) is 0. The quantitative estimate of drug-likeness (QED) is 0.812. The average Bonchev–Trinajstić information content (AvgIpc) is 3.09. The van der Waals surface area contributed by atoms with E-state index < -0.39 is 28.6 Å². The van der Waals surface area contributed by atoms with Gasteiger partial charge in [-0.3, -0.25) is 9.59 Å². The maximum absolute atomic E-state index is 13.1. The van der Waals surface area contributed by atoms with Gasteiger partial charge >= 0.3 is 6.18 Å². The van der Waals surface area contributed by atoms with Crippen LogP contribution in [0.3, 0.4) is 0 Å². The highest BCUT2D eigenvalue weighted by Crippen LogP contribution is 2.47. The minimum atomic E-state index is -4.53. The normalized spacial score (nSPS) is 24.9. The van der Waals surface area contributed by atoms with Crippen LogP contribution >= 0.6 is 11.8 Å². The summed E-state index contributed by atoms with van der Waals surface area (Å²) in [5.41, 5.74) is -0.905. The van der Waals surface area contributed by atoms with Crippen molar-refractivity contribution in [1.29, 1.82) is 0 Å². The maximum Gasteiger partial charge on any atom is 0.416 e. The van der Waals surface area contributed by atoms with Gasteiger partial charge in [0.2, 0.25) is 11.8 Å². The van der Waals surface area contributed by atoms with Crippen molar-refractivity contribution in [2.45, 2.75) is 50.2 Å². The molecule has 0 saturated carbocycles. The Bertz CT molecular complexity index is 756. The molecule has 0 aliphatic carbocycles. The molecule has 0 radical (unpaired) electrons. The number of rotatable bonds is 5. The van der Waals surface area contributed by atoms with E-state index >= 15 is 0 Å². The van der Waals surface area contributed by atoms with Gasteiger partial charge in [0, 0.05) is 12.2 Å². The van der Waals surface area contributed by atoms with Crippen molar-refractivity contribution in [3.05, 3.63) is 23.8 Å². The number of fused-ring (bicyclic) bond motifs is 1. The number of thioether (sulfide) groups is 1. The maximum atomic E-state index is 13.1. The molecule has 2 fully saturated rings. The number of hydrogen-bond acceptors (Lipinski definition) is 4. The van der Waals surface area contributed by atoms with Gasteiger partial charge in [0.25, 0.3) is 0 Å². The SMILES string of the molecule is CCCOc1ccc(C(F)(F)F)cc1NC(=O)[C@@H]1CS[C@]2(C)CCC(=O)N12. The van der Waals surface area contributed by atoms with Gasteiger partial charge in [-0.05, 0) is 38.0 Å². The molecule has 0 bridgehead atoms. The second kappa shape index (κ2) is 7.26. The lowest BCUT2D eigenvalue weighted by atomic mass is 10.1. The van der Waals surface area contributed by atoms with Crippen molar-refractivity contribution in [2.75, 3.05) is 17.7 Å². The second-order valence-corrected chi connectivity index (χ2v) is 8.31. The van der Waals surface area contributed by atoms with Gasteiger partial charge in [-0.2, -0.15) is 13.2 Å². The van der Waals surface area contributed by atoms with E-state index in [1.165, 1.54) is 17.8 Å². The minimum absolute atomic E-state index is 0.0338. The summed E-state index contributed by atoms with van der Waals surface area (Å²) in [5.74, 6) is -0.00582. The first-order valence-electron chi connectivity index (χ1n) is 8.77. The number of alkyl halides is 3. The van der Waals surface area contributed by atoms with E-state index in [9.17, 15) is 22.8 Å². The second-order valence-electron chi connectivity index (χ2n) is 6.81. The summed E-state index contributed by atoms with van der Waals surface area (Å²) in [4.78, 5) is 26.1. The molecule has 0 spiro atoms. The zero-order valence-corrected chi connectivity index (χ0v) is 15.9. The third kappa shape index (κ3) is 3.88. The summed E-state index contributed by atoms with van der Waals surface area (Å²) in [6.45, 7) is 4.10. The summed E-state index contributed by atoms with van der Waals surface area (Å²) < 4.78 is 44.7. The topological polar surface area (TPSA) is 58.6 Å². The Balaban J connectivity index is 1.85. The molecule has 2 aliphatic heterocycles. The van der Waals surface area contributed by atoms with Crippen LogP contribution in [0, 0.1) is 0 Å². The van der Waals surface area contributed by atoms with Crippen molar-refractivity contribution in [3.8, 4) is 5.75 Å². The Labute approximate surface area is 159 Å². The van der Waals surface area contributed by atoms with E-state index in [1.54, 1.807) is 4.90 Å². The predicted molar refractivity (Wildman–Crippen MR) is 96.6 cm³/mol. The number of ether oxygens (including phenoxy) is 1. The van der Waals surface area contributed by atoms with Gasteiger partial charge in [-0.1, -0.05) is 6.92 Å². The van der Waals surface area contributed by atoms with Crippen LogP contribution in [0.15, 0.2) is 18.2 Å². The Morgan fingerprint density at radius 2 is 2.19 bits per heavy atom. The first-order chi connectivity index (χ1) is 12.7. The monoisotopic (exact) mass is 402 g/mol. The number of halogens is 3. The molecular formula is C18H21F3N2O3S. The fourth-order valence-corrected chi connectivity index (χ4v) is 4.80. The molecule has 2 amide bonds. The molecule has 1 aromatic rings. The van der Waals surface area contributed by atoms with Gasteiger partial charge in [0.15, 0.2) is 0 Å². The van der Waals surface area contributed by atoms with Crippen LogP contribution in [0.5, 0.6) is 5.75 Å². The third-order valence-electron chi connectivity index (χ3n) is 4.77. The predicted octanol–water partition coefficient (Wildman–Crippen LogP) is 3.89.